The molecule has 6 heteroatoms. The molecule has 2 aromatic rings. The fourth-order valence-electron chi connectivity index (χ4n) is 7.05. The smallest absolute Gasteiger partial charge is 0.199 e. The van der Waals surface area contributed by atoms with Gasteiger partial charge >= 0.3 is 0 Å². The molecular weight excluding hydrogens is 484 g/mol. The molecule has 2 atom stereocenters. The van der Waals surface area contributed by atoms with E-state index in [4.69, 9.17) is 9.97 Å². The van der Waals surface area contributed by atoms with Gasteiger partial charge in [0.1, 0.15) is 5.76 Å². The summed E-state index contributed by atoms with van der Waals surface area (Å²) in [6, 6.07) is 6.29. The number of aliphatic hydroxyl groups excluding tert-OH is 1. The fraction of sp³-hybridized carbons (Fsp3) is 0.303. The summed E-state index contributed by atoms with van der Waals surface area (Å²) in [6.45, 7) is 14.6. The van der Waals surface area contributed by atoms with Crippen LogP contribution >= 0.6 is 0 Å². The minimum atomic E-state index is -0.0998. The lowest BCUT2D eigenvalue weighted by atomic mass is 9.87. The van der Waals surface area contributed by atoms with Crippen molar-refractivity contribution in [2.45, 2.75) is 65.7 Å². The van der Waals surface area contributed by atoms with E-state index in [-0.39, 0.29) is 23.4 Å². The van der Waals surface area contributed by atoms with Gasteiger partial charge in [-0.25, -0.2) is 9.97 Å². The Labute approximate surface area is 227 Å². The molecule has 6 nitrogen and oxygen atoms in total. The third-order valence-corrected chi connectivity index (χ3v) is 9.33. The van der Waals surface area contributed by atoms with Gasteiger partial charge in [0.25, 0.3) is 0 Å². The van der Waals surface area contributed by atoms with E-state index >= 15 is 0 Å². The lowest BCUT2D eigenvalue weighted by molar-refractivity contribution is 0.105. The molecule has 0 spiro atoms. The number of carbonyl (C=O) groups is 1. The lowest BCUT2D eigenvalue weighted by Gasteiger charge is -2.15. The normalized spacial score (nSPS) is 20.8. The Morgan fingerprint density at radius 2 is 1.77 bits per heavy atom. The molecule has 0 aromatic carbocycles. The molecule has 3 aliphatic heterocycles. The van der Waals surface area contributed by atoms with Crippen molar-refractivity contribution in [1.82, 2.24) is 19.9 Å². The van der Waals surface area contributed by atoms with Crippen LogP contribution in [0.1, 0.15) is 114 Å². The standard InChI is InChI=1S/C33H32N4O2/c1-7-18-14(3)21-11-23-16(5)20-9-10-27(38)29-30(31(20)36-23)32-28(33(29)39)17(6)24(37-32)13-26-19(8-2)15(4)22(35-26)12-25(18)34-21/h7,11-13,16,20,36-38H,1,8-10H2,2-6H3. The van der Waals surface area contributed by atoms with Crippen molar-refractivity contribution in [3.05, 3.63) is 87.5 Å². The number of aliphatic hydroxyl groups is 1. The summed E-state index contributed by atoms with van der Waals surface area (Å²) >= 11 is 0. The van der Waals surface area contributed by atoms with Gasteiger partial charge in [0.2, 0.25) is 0 Å². The van der Waals surface area contributed by atoms with Crippen LogP contribution in [0.25, 0.3) is 38.9 Å². The predicted octanol–water partition coefficient (Wildman–Crippen LogP) is 7.95. The van der Waals surface area contributed by atoms with Crippen molar-refractivity contribution in [2.75, 3.05) is 0 Å². The van der Waals surface area contributed by atoms with Crippen LogP contribution in [0.4, 0.5) is 0 Å². The first-order valence-electron chi connectivity index (χ1n) is 13.8. The molecular formula is C33H32N4O2. The highest BCUT2D eigenvalue weighted by Crippen LogP contribution is 2.50. The number of rotatable bonds is 2. The van der Waals surface area contributed by atoms with Crippen molar-refractivity contribution >= 4 is 44.7 Å². The highest BCUT2D eigenvalue weighted by atomic mass is 16.3. The van der Waals surface area contributed by atoms with E-state index in [0.717, 1.165) is 85.9 Å². The Bertz CT molecular complexity index is 1840. The van der Waals surface area contributed by atoms with Crippen molar-refractivity contribution in [3.8, 4) is 0 Å². The number of fused-ring (bicyclic) bond motifs is 6. The highest BCUT2D eigenvalue weighted by Gasteiger charge is 2.41. The van der Waals surface area contributed by atoms with Crippen LogP contribution in [0.5, 0.6) is 0 Å². The molecule has 0 radical (unpaired) electrons. The Kier molecular flexibility index (Phi) is 5.00. The van der Waals surface area contributed by atoms with Gasteiger partial charge in [0, 0.05) is 46.3 Å². The molecule has 0 saturated carbocycles. The Balaban J connectivity index is 1.69. The van der Waals surface area contributed by atoms with Crippen LogP contribution in [0, 0.1) is 6.92 Å². The Morgan fingerprint density at radius 3 is 2.51 bits per heavy atom. The number of hydrogen-bond donors (Lipinski definition) is 3. The molecule has 0 fully saturated rings. The first kappa shape index (κ1) is 23.9. The number of allylic oxidation sites excluding steroid dienone is 7. The maximum Gasteiger partial charge on any atom is 0.199 e. The molecule has 5 aliphatic rings. The second-order valence-corrected chi connectivity index (χ2v) is 11.3. The fourth-order valence-corrected chi connectivity index (χ4v) is 7.05. The second-order valence-electron chi connectivity index (χ2n) is 11.3. The van der Waals surface area contributed by atoms with Crippen LogP contribution in [0.15, 0.2) is 36.6 Å². The Morgan fingerprint density at radius 1 is 1.03 bits per heavy atom. The van der Waals surface area contributed by atoms with E-state index in [9.17, 15) is 9.90 Å². The molecule has 2 aromatic heterocycles. The SMILES string of the molecule is C=CC1=C(C)c2cc3[nH]c4c5c6[nH]c(cc7nc(cc1n2)C(C)=C7CC)c(C)c6C(=O)C5=C(O)CCC4C3C. The molecule has 8 bridgehead atoms. The summed E-state index contributed by atoms with van der Waals surface area (Å²) in [5, 5.41) is 11.1. The number of nitrogens with one attached hydrogen (secondary N) is 2. The zero-order valence-corrected chi connectivity index (χ0v) is 23.0. The zero-order chi connectivity index (χ0) is 27.3. The van der Waals surface area contributed by atoms with Crippen LogP contribution in [0.2, 0.25) is 0 Å². The van der Waals surface area contributed by atoms with Crippen molar-refractivity contribution in [2.24, 2.45) is 0 Å². The summed E-state index contributed by atoms with van der Waals surface area (Å²) in [5.41, 5.74) is 14.6. The monoisotopic (exact) mass is 516 g/mol. The van der Waals surface area contributed by atoms with Gasteiger partial charge in [-0.05, 0) is 74.1 Å². The number of ketones is 1. The van der Waals surface area contributed by atoms with E-state index in [1.165, 1.54) is 5.57 Å². The van der Waals surface area contributed by atoms with Gasteiger partial charge in [-0.2, -0.15) is 0 Å². The van der Waals surface area contributed by atoms with Crippen LogP contribution in [-0.4, -0.2) is 30.8 Å². The summed E-state index contributed by atoms with van der Waals surface area (Å²) in [4.78, 5) is 31.2. The minimum Gasteiger partial charge on any atom is -0.512 e. The van der Waals surface area contributed by atoms with Crippen molar-refractivity contribution < 1.29 is 9.90 Å². The number of nitrogens with zero attached hydrogens (tertiary/aromatic N) is 2. The van der Waals surface area contributed by atoms with Crippen LogP contribution < -0.4 is 0 Å². The molecule has 7 rings (SSSR count). The van der Waals surface area contributed by atoms with Gasteiger partial charge in [-0.15, -0.1) is 0 Å². The average molecular weight is 517 g/mol. The van der Waals surface area contributed by atoms with E-state index in [0.29, 0.717) is 17.6 Å². The number of aromatic nitrogens is 4. The molecule has 0 saturated heterocycles. The maximum atomic E-state index is 13.8. The number of hydrogen-bond acceptors (Lipinski definition) is 4. The van der Waals surface area contributed by atoms with Crippen LogP contribution in [0.3, 0.4) is 0 Å². The molecule has 196 valence electrons. The topological polar surface area (TPSA) is 94.7 Å². The van der Waals surface area contributed by atoms with E-state index in [1.54, 1.807) is 0 Å². The van der Waals surface area contributed by atoms with E-state index < -0.39 is 0 Å². The molecule has 3 N–H and O–H groups in total. The van der Waals surface area contributed by atoms with Crippen molar-refractivity contribution in [3.63, 3.8) is 0 Å². The van der Waals surface area contributed by atoms with Gasteiger partial charge in [0.15, 0.2) is 5.78 Å². The minimum absolute atomic E-state index is 0.0998. The third-order valence-electron chi connectivity index (χ3n) is 9.33. The van der Waals surface area contributed by atoms with Gasteiger partial charge in [0.05, 0.1) is 39.4 Å². The first-order chi connectivity index (χ1) is 18.7. The van der Waals surface area contributed by atoms with Crippen molar-refractivity contribution in [1.29, 1.82) is 0 Å². The number of aryl methyl sites for hydroxylation is 1. The molecule has 39 heavy (non-hydrogen) atoms. The molecule has 5 heterocycles. The summed E-state index contributed by atoms with van der Waals surface area (Å²) in [7, 11) is 0. The number of H-pyrrole nitrogens is 2. The second kappa shape index (κ2) is 8.15. The van der Waals surface area contributed by atoms with Gasteiger partial charge in [-0.3, -0.25) is 4.79 Å². The summed E-state index contributed by atoms with van der Waals surface area (Å²) in [5.74, 6) is 0.429. The zero-order valence-electron chi connectivity index (χ0n) is 23.0. The molecule has 2 unspecified atom stereocenters. The van der Waals surface area contributed by atoms with E-state index in [2.05, 4.69) is 62.4 Å². The third kappa shape index (κ3) is 3.11. The number of Topliss-reactive ketones (excluding diaryl/α,β-unsaturated/α-hetero) is 1. The summed E-state index contributed by atoms with van der Waals surface area (Å²) in [6.07, 6.45) is 3.97. The van der Waals surface area contributed by atoms with E-state index in [1.807, 2.05) is 13.0 Å². The first-order valence-corrected chi connectivity index (χ1v) is 13.8. The summed E-state index contributed by atoms with van der Waals surface area (Å²) < 4.78 is 0. The predicted molar refractivity (Wildman–Crippen MR) is 157 cm³/mol. The molecule has 2 aliphatic carbocycles. The van der Waals surface area contributed by atoms with Gasteiger partial charge in [-0.1, -0.05) is 26.5 Å². The van der Waals surface area contributed by atoms with Crippen LogP contribution in [-0.2, 0) is 0 Å². The highest BCUT2D eigenvalue weighted by molar-refractivity contribution is 6.39. The van der Waals surface area contributed by atoms with Gasteiger partial charge < -0.3 is 15.1 Å². The quantitative estimate of drug-likeness (QED) is 0.377. The molecule has 0 amide bonds. The largest absolute Gasteiger partial charge is 0.512 e. The lowest BCUT2D eigenvalue weighted by Crippen LogP contribution is -2.02. The number of carbonyl (C=O) groups excluding carboxylic acids is 1. The Hall–Kier alpha value is -4.19. The average Bonchev–Trinajstić information content (AvgIpc) is 3.62. The maximum absolute atomic E-state index is 13.8. The number of aromatic amines is 2.